The van der Waals surface area contributed by atoms with Crippen LogP contribution in [-0.4, -0.2) is 9.67 Å². The molecule has 0 radical (unpaired) electrons. The second kappa shape index (κ2) is 8.02. The van der Waals surface area contributed by atoms with Gasteiger partial charge in [0, 0.05) is 0 Å². The van der Waals surface area contributed by atoms with E-state index in [0.717, 1.165) is 22.0 Å². The van der Waals surface area contributed by atoms with Gasteiger partial charge < -0.3 is 5.11 Å². The molecule has 158 valence electrons. The van der Waals surface area contributed by atoms with Crippen molar-refractivity contribution in [2.24, 2.45) is 0 Å². The third-order valence-corrected chi connectivity index (χ3v) is 4.91. The molecule has 10 heteroatoms. The highest BCUT2D eigenvalue weighted by atomic mass is 32.1. The van der Waals surface area contributed by atoms with Crippen molar-refractivity contribution in [3.05, 3.63) is 85.3 Å². The highest BCUT2D eigenvalue weighted by molar-refractivity contribution is 7.07. The normalized spacial score (nSPS) is 12.6. The molecule has 30 heavy (non-hydrogen) atoms. The molecule has 3 rings (SSSR count). The van der Waals surface area contributed by atoms with Gasteiger partial charge in [-0.2, -0.15) is 26.3 Å². The van der Waals surface area contributed by atoms with Crippen LogP contribution in [0.25, 0.3) is 12.2 Å². The summed E-state index contributed by atoms with van der Waals surface area (Å²) >= 11 is 0.851. The van der Waals surface area contributed by atoms with Gasteiger partial charge >= 0.3 is 17.2 Å². The fourth-order valence-corrected chi connectivity index (χ4v) is 3.27. The summed E-state index contributed by atoms with van der Waals surface area (Å²) < 4.78 is 78.7. The Kier molecular flexibility index (Phi) is 5.80. The fraction of sp³-hybridized carbons (Fsp3) is 0.150. The van der Waals surface area contributed by atoms with Gasteiger partial charge in [0.25, 0.3) is 0 Å². The molecule has 0 amide bonds. The van der Waals surface area contributed by atoms with Crippen LogP contribution in [0.4, 0.5) is 26.3 Å². The molecular formula is C20H13F6NO2S. The minimum atomic E-state index is -4.91. The van der Waals surface area contributed by atoms with E-state index < -0.39 is 23.5 Å². The number of aromatic hydroxyl groups is 1. The van der Waals surface area contributed by atoms with Crippen LogP contribution in [0.5, 0.6) is 5.88 Å². The van der Waals surface area contributed by atoms with Crippen molar-refractivity contribution in [2.75, 3.05) is 0 Å². The molecule has 0 bridgehead atoms. The van der Waals surface area contributed by atoms with E-state index in [0.29, 0.717) is 23.3 Å². The standard InChI is InChI=1S/C20H13F6NO2S/c21-19(22,23)15-7-14(8-16(9-15)20(24,25)26)6-3-12-1-4-13(5-2-12)10-27-17(28)11-30-18(27)29/h1-9,11,28H,10H2. The summed E-state index contributed by atoms with van der Waals surface area (Å²) in [5, 5.41) is 10.9. The Morgan fingerprint density at radius 3 is 1.87 bits per heavy atom. The lowest BCUT2D eigenvalue weighted by Gasteiger charge is -2.13. The molecule has 2 aromatic carbocycles. The number of thiazole rings is 1. The second-order valence-corrected chi connectivity index (χ2v) is 7.18. The number of benzene rings is 2. The average Bonchev–Trinajstić information content (AvgIpc) is 2.98. The van der Waals surface area contributed by atoms with E-state index in [1.165, 1.54) is 11.5 Å². The minimum Gasteiger partial charge on any atom is -0.494 e. The molecule has 0 aliphatic carbocycles. The Morgan fingerprint density at radius 1 is 0.867 bits per heavy atom. The Bertz CT molecular complexity index is 1090. The first kappa shape index (κ1) is 21.7. The van der Waals surface area contributed by atoms with Crippen LogP contribution in [0.15, 0.2) is 52.6 Å². The van der Waals surface area contributed by atoms with Gasteiger partial charge in [0.2, 0.25) is 5.88 Å². The third-order valence-electron chi connectivity index (χ3n) is 4.16. The molecule has 1 N–H and O–H groups in total. The van der Waals surface area contributed by atoms with Crippen LogP contribution in [-0.2, 0) is 18.9 Å². The molecule has 0 atom stereocenters. The zero-order valence-corrected chi connectivity index (χ0v) is 15.8. The van der Waals surface area contributed by atoms with Crippen LogP contribution >= 0.6 is 11.3 Å². The van der Waals surface area contributed by atoms with Crippen molar-refractivity contribution < 1.29 is 31.4 Å². The summed E-state index contributed by atoms with van der Waals surface area (Å²) in [7, 11) is 0. The predicted molar refractivity (Wildman–Crippen MR) is 101 cm³/mol. The third kappa shape index (κ3) is 5.12. The van der Waals surface area contributed by atoms with E-state index in [1.807, 2.05) is 0 Å². The van der Waals surface area contributed by atoms with Crippen LogP contribution in [0, 0.1) is 0 Å². The molecule has 0 saturated carbocycles. The lowest BCUT2D eigenvalue weighted by Crippen LogP contribution is -2.13. The van der Waals surface area contributed by atoms with Crippen molar-refractivity contribution in [3.8, 4) is 5.88 Å². The van der Waals surface area contributed by atoms with E-state index in [1.54, 1.807) is 24.3 Å². The monoisotopic (exact) mass is 445 g/mol. The summed E-state index contributed by atoms with van der Waals surface area (Å²) in [4.78, 5) is 11.3. The highest BCUT2D eigenvalue weighted by Gasteiger charge is 2.36. The number of nitrogens with zero attached hydrogens (tertiary/aromatic N) is 1. The first-order valence-electron chi connectivity index (χ1n) is 8.37. The van der Waals surface area contributed by atoms with E-state index in [-0.39, 0.29) is 28.9 Å². The van der Waals surface area contributed by atoms with Gasteiger partial charge in [-0.1, -0.05) is 47.8 Å². The maximum Gasteiger partial charge on any atom is 0.416 e. The topological polar surface area (TPSA) is 42.2 Å². The molecule has 0 saturated heterocycles. The zero-order chi connectivity index (χ0) is 22.1. The number of halogens is 6. The molecule has 1 heterocycles. The van der Waals surface area contributed by atoms with Gasteiger partial charge in [-0.15, -0.1) is 0 Å². The summed E-state index contributed by atoms with van der Waals surface area (Å²) in [5.74, 6) is -0.168. The molecule has 1 aromatic heterocycles. The van der Waals surface area contributed by atoms with Gasteiger partial charge in [0.1, 0.15) is 0 Å². The summed E-state index contributed by atoms with van der Waals surface area (Å²) in [6, 6.07) is 7.83. The van der Waals surface area contributed by atoms with E-state index in [2.05, 4.69) is 0 Å². The number of rotatable bonds is 4. The Morgan fingerprint density at radius 2 is 1.40 bits per heavy atom. The molecule has 0 spiro atoms. The Labute approximate surface area is 170 Å². The quantitative estimate of drug-likeness (QED) is 0.403. The van der Waals surface area contributed by atoms with Crippen molar-refractivity contribution >= 4 is 23.5 Å². The lowest BCUT2D eigenvalue weighted by atomic mass is 10.0. The van der Waals surface area contributed by atoms with Crippen LogP contribution in [0.3, 0.4) is 0 Å². The average molecular weight is 445 g/mol. The van der Waals surface area contributed by atoms with Gasteiger partial charge in [-0.05, 0) is 34.9 Å². The first-order valence-corrected chi connectivity index (χ1v) is 9.25. The summed E-state index contributed by atoms with van der Waals surface area (Å²) in [6.07, 6.45) is -7.27. The predicted octanol–water partition coefficient (Wildman–Crippen LogP) is 5.87. The number of aromatic nitrogens is 1. The van der Waals surface area contributed by atoms with Gasteiger partial charge in [-0.25, -0.2) is 0 Å². The Balaban J connectivity index is 1.84. The van der Waals surface area contributed by atoms with Gasteiger partial charge in [0.05, 0.1) is 23.1 Å². The van der Waals surface area contributed by atoms with Crippen molar-refractivity contribution in [1.29, 1.82) is 0 Å². The van der Waals surface area contributed by atoms with Crippen molar-refractivity contribution in [2.45, 2.75) is 18.9 Å². The maximum absolute atomic E-state index is 12.9. The van der Waals surface area contributed by atoms with Crippen molar-refractivity contribution in [1.82, 2.24) is 4.57 Å². The van der Waals surface area contributed by atoms with E-state index >= 15 is 0 Å². The summed E-state index contributed by atoms with van der Waals surface area (Å²) in [6.45, 7) is 0.126. The number of alkyl halides is 6. The van der Waals surface area contributed by atoms with Crippen LogP contribution < -0.4 is 4.87 Å². The molecule has 0 fully saturated rings. The first-order chi connectivity index (χ1) is 13.9. The van der Waals surface area contributed by atoms with Crippen molar-refractivity contribution in [3.63, 3.8) is 0 Å². The molecule has 3 nitrogen and oxygen atoms in total. The summed E-state index contributed by atoms with van der Waals surface area (Å²) in [5.41, 5.74) is -1.79. The molecule has 0 unspecified atom stereocenters. The fourth-order valence-electron chi connectivity index (χ4n) is 2.65. The Hall–Kier alpha value is -3.01. The van der Waals surface area contributed by atoms with Gasteiger partial charge in [0.15, 0.2) is 0 Å². The second-order valence-electron chi connectivity index (χ2n) is 6.36. The smallest absolute Gasteiger partial charge is 0.416 e. The molecule has 3 aromatic rings. The highest BCUT2D eigenvalue weighted by Crippen LogP contribution is 2.36. The molecule has 0 aliphatic rings. The van der Waals surface area contributed by atoms with E-state index in [9.17, 15) is 36.2 Å². The van der Waals surface area contributed by atoms with Crippen LogP contribution in [0.1, 0.15) is 27.8 Å². The minimum absolute atomic E-state index is 0.0773. The SMILES string of the molecule is O=c1scc(O)n1Cc1ccc(C=Cc2cc(C(F)(F)F)cc(C(F)(F)F)c2)cc1. The lowest BCUT2D eigenvalue weighted by molar-refractivity contribution is -0.143. The number of hydrogen-bond acceptors (Lipinski definition) is 3. The van der Waals surface area contributed by atoms with E-state index in [4.69, 9.17) is 0 Å². The van der Waals surface area contributed by atoms with Gasteiger partial charge in [-0.3, -0.25) is 9.36 Å². The largest absolute Gasteiger partial charge is 0.494 e. The van der Waals surface area contributed by atoms with Crippen LogP contribution in [0.2, 0.25) is 0 Å². The number of hydrogen-bond donors (Lipinski definition) is 1. The zero-order valence-electron chi connectivity index (χ0n) is 15.0. The molecule has 0 aliphatic heterocycles. The molecular weight excluding hydrogens is 432 g/mol. The maximum atomic E-state index is 12.9.